The maximum atomic E-state index is 12.0. The smallest absolute Gasteiger partial charge is 0.309 e. The van der Waals surface area contributed by atoms with Crippen molar-refractivity contribution in [2.24, 2.45) is 17.6 Å². The van der Waals surface area contributed by atoms with Gasteiger partial charge in [-0.1, -0.05) is 0 Å². The number of amides is 1. The summed E-state index contributed by atoms with van der Waals surface area (Å²) >= 11 is 0. The molecule has 0 spiro atoms. The largest absolute Gasteiger partial charge is 0.481 e. The fraction of sp³-hybridized carbons (Fsp3) is 0.750. The van der Waals surface area contributed by atoms with Crippen LogP contribution in [0, 0.1) is 11.8 Å². The third-order valence-electron chi connectivity index (χ3n) is 3.21. The van der Waals surface area contributed by atoms with Crippen LogP contribution in [0.5, 0.6) is 0 Å². The number of nitrogens with two attached hydrogens (primary N) is 1. The van der Waals surface area contributed by atoms with Crippen LogP contribution in [0.25, 0.3) is 0 Å². The van der Waals surface area contributed by atoms with Crippen molar-refractivity contribution in [3.05, 3.63) is 0 Å². The van der Waals surface area contributed by atoms with Gasteiger partial charge in [0.2, 0.25) is 5.91 Å². The molecule has 19 heavy (non-hydrogen) atoms. The van der Waals surface area contributed by atoms with Crippen LogP contribution in [0.4, 0.5) is 0 Å². The Hall–Kier alpha value is -1.63. The summed E-state index contributed by atoms with van der Waals surface area (Å²) in [5.41, 5.74) is 5.09. The standard InChI is InChI=1S/C12H20N2O5/c1-12(2,13)5-9(15)14-4-3-7(10(16)17)8(6-14)11(18)19/h7-8H,3-6,13H2,1-2H3,(H,16,17)(H,18,19). The predicted molar refractivity (Wildman–Crippen MR) is 66.3 cm³/mol. The van der Waals surface area contributed by atoms with Gasteiger partial charge in [0.1, 0.15) is 0 Å². The van der Waals surface area contributed by atoms with E-state index in [1.807, 2.05) is 0 Å². The minimum atomic E-state index is -1.18. The van der Waals surface area contributed by atoms with Crippen molar-refractivity contribution < 1.29 is 24.6 Å². The Morgan fingerprint density at radius 3 is 2.16 bits per heavy atom. The second-order valence-corrected chi connectivity index (χ2v) is 5.68. The third kappa shape index (κ3) is 4.20. The first kappa shape index (κ1) is 15.4. The lowest BCUT2D eigenvalue weighted by Gasteiger charge is -2.35. The van der Waals surface area contributed by atoms with Gasteiger partial charge in [0.15, 0.2) is 0 Å². The summed E-state index contributed by atoms with van der Waals surface area (Å²) in [7, 11) is 0. The van der Waals surface area contributed by atoms with Crippen LogP contribution < -0.4 is 5.73 Å². The number of carboxylic acid groups (broad SMARTS) is 2. The fourth-order valence-corrected chi connectivity index (χ4v) is 2.23. The van der Waals surface area contributed by atoms with E-state index in [1.54, 1.807) is 13.8 Å². The number of rotatable bonds is 4. The molecule has 7 heteroatoms. The highest BCUT2D eigenvalue weighted by atomic mass is 16.4. The number of nitrogens with zero attached hydrogens (tertiary/aromatic N) is 1. The number of likely N-dealkylation sites (tertiary alicyclic amines) is 1. The van der Waals surface area contributed by atoms with Crippen molar-refractivity contribution >= 4 is 17.8 Å². The van der Waals surface area contributed by atoms with Crippen molar-refractivity contribution in [1.82, 2.24) is 4.90 Å². The molecule has 7 nitrogen and oxygen atoms in total. The molecule has 0 aliphatic carbocycles. The number of carbonyl (C=O) groups is 3. The highest BCUT2D eigenvalue weighted by molar-refractivity contribution is 5.83. The highest BCUT2D eigenvalue weighted by Gasteiger charge is 2.40. The van der Waals surface area contributed by atoms with Crippen molar-refractivity contribution in [1.29, 1.82) is 0 Å². The first-order chi connectivity index (χ1) is 8.61. The molecule has 1 rings (SSSR count). The number of carbonyl (C=O) groups excluding carboxylic acids is 1. The molecule has 1 aliphatic rings. The molecule has 4 N–H and O–H groups in total. The predicted octanol–water partition coefficient (Wildman–Crippen LogP) is -0.252. The maximum absolute atomic E-state index is 12.0. The van der Waals surface area contributed by atoms with E-state index in [0.717, 1.165) is 0 Å². The highest BCUT2D eigenvalue weighted by Crippen LogP contribution is 2.25. The molecule has 2 unspecified atom stereocenters. The van der Waals surface area contributed by atoms with E-state index in [1.165, 1.54) is 4.90 Å². The third-order valence-corrected chi connectivity index (χ3v) is 3.21. The van der Waals surface area contributed by atoms with Crippen LogP contribution >= 0.6 is 0 Å². The number of hydrogen-bond donors (Lipinski definition) is 3. The molecule has 1 aliphatic heterocycles. The second-order valence-electron chi connectivity index (χ2n) is 5.68. The summed E-state index contributed by atoms with van der Waals surface area (Å²) in [4.78, 5) is 35.4. The first-order valence-electron chi connectivity index (χ1n) is 6.14. The molecular formula is C12H20N2O5. The van der Waals surface area contributed by atoms with E-state index in [4.69, 9.17) is 15.9 Å². The zero-order chi connectivity index (χ0) is 14.8. The van der Waals surface area contributed by atoms with Crippen molar-refractivity contribution in [2.75, 3.05) is 13.1 Å². The molecule has 0 aromatic heterocycles. The van der Waals surface area contributed by atoms with Gasteiger partial charge in [0.25, 0.3) is 0 Å². The van der Waals surface area contributed by atoms with E-state index in [2.05, 4.69) is 0 Å². The molecule has 1 heterocycles. The molecule has 0 aromatic rings. The zero-order valence-corrected chi connectivity index (χ0v) is 11.1. The lowest BCUT2D eigenvalue weighted by molar-refractivity contribution is -0.159. The van der Waals surface area contributed by atoms with Gasteiger partial charge in [-0.25, -0.2) is 0 Å². The van der Waals surface area contributed by atoms with Gasteiger partial charge in [-0.2, -0.15) is 0 Å². The van der Waals surface area contributed by atoms with Crippen molar-refractivity contribution in [3.8, 4) is 0 Å². The van der Waals surface area contributed by atoms with Gasteiger partial charge in [-0.15, -0.1) is 0 Å². The van der Waals surface area contributed by atoms with E-state index in [-0.39, 0.29) is 31.8 Å². The Morgan fingerprint density at radius 1 is 1.21 bits per heavy atom. The van der Waals surface area contributed by atoms with Gasteiger partial charge in [0, 0.05) is 25.0 Å². The lowest BCUT2D eigenvalue weighted by atomic mass is 9.85. The van der Waals surface area contributed by atoms with Gasteiger partial charge in [-0.05, 0) is 20.3 Å². The van der Waals surface area contributed by atoms with Crippen LogP contribution in [0.3, 0.4) is 0 Å². The molecule has 1 amide bonds. The zero-order valence-electron chi connectivity index (χ0n) is 11.1. The van der Waals surface area contributed by atoms with Crippen LogP contribution in [-0.4, -0.2) is 51.6 Å². The minimum Gasteiger partial charge on any atom is -0.481 e. The number of carboxylic acids is 2. The Labute approximate surface area is 111 Å². The summed E-state index contributed by atoms with van der Waals surface area (Å²) < 4.78 is 0. The lowest BCUT2D eigenvalue weighted by Crippen LogP contribution is -2.50. The van der Waals surface area contributed by atoms with Crippen molar-refractivity contribution in [3.63, 3.8) is 0 Å². The van der Waals surface area contributed by atoms with Gasteiger partial charge in [0.05, 0.1) is 11.8 Å². The maximum Gasteiger partial charge on any atom is 0.309 e. The van der Waals surface area contributed by atoms with Crippen LogP contribution in [0.1, 0.15) is 26.7 Å². The topological polar surface area (TPSA) is 121 Å². The summed E-state index contributed by atoms with van der Waals surface area (Å²) in [6.45, 7) is 3.62. The molecular weight excluding hydrogens is 252 g/mol. The summed E-state index contributed by atoms with van der Waals surface area (Å²) in [6, 6.07) is 0. The molecule has 0 aromatic carbocycles. The fourth-order valence-electron chi connectivity index (χ4n) is 2.23. The molecule has 0 bridgehead atoms. The summed E-state index contributed by atoms with van der Waals surface area (Å²) in [5.74, 6) is -4.54. The van der Waals surface area contributed by atoms with Crippen LogP contribution in [-0.2, 0) is 14.4 Å². The normalized spacial score (nSPS) is 24.1. The van der Waals surface area contributed by atoms with Gasteiger partial charge >= 0.3 is 11.9 Å². The number of aliphatic carboxylic acids is 2. The SMILES string of the molecule is CC(C)(N)CC(=O)N1CCC(C(=O)O)C(C(=O)O)C1. The van der Waals surface area contributed by atoms with Gasteiger partial charge < -0.3 is 20.8 Å². The quantitative estimate of drug-likeness (QED) is 0.648. The van der Waals surface area contributed by atoms with E-state index < -0.39 is 29.3 Å². The second kappa shape index (κ2) is 5.56. The molecule has 2 atom stereocenters. The molecule has 1 saturated heterocycles. The molecule has 108 valence electrons. The van der Waals surface area contributed by atoms with E-state index in [0.29, 0.717) is 0 Å². The Bertz CT molecular complexity index is 388. The number of hydrogen-bond acceptors (Lipinski definition) is 4. The van der Waals surface area contributed by atoms with Gasteiger partial charge in [-0.3, -0.25) is 14.4 Å². The minimum absolute atomic E-state index is 0.0682. The van der Waals surface area contributed by atoms with Crippen LogP contribution in [0.2, 0.25) is 0 Å². The molecule has 1 fully saturated rings. The molecule has 0 saturated carbocycles. The Balaban J connectivity index is 2.74. The monoisotopic (exact) mass is 272 g/mol. The number of piperidine rings is 1. The summed E-state index contributed by atoms with van der Waals surface area (Å²) in [5, 5.41) is 18.0. The Morgan fingerprint density at radius 2 is 1.74 bits per heavy atom. The Kier molecular flexibility index (Phi) is 4.52. The first-order valence-corrected chi connectivity index (χ1v) is 6.14. The average molecular weight is 272 g/mol. The van der Waals surface area contributed by atoms with Crippen molar-refractivity contribution in [2.45, 2.75) is 32.2 Å². The summed E-state index contributed by atoms with van der Waals surface area (Å²) in [6.07, 6.45) is 0.264. The van der Waals surface area contributed by atoms with E-state index >= 15 is 0 Å². The molecule has 0 radical (unpaired) electrons. The van der Waals surface area contributed by atoms with Crippen LogP contribution in [0.15, 0.2) is 0 Å². The van der Waals surface area contributed by atoms with E-state index in [9.17, 15) is 14.4 Å². The average Bonchev–Trinajstić information content (AvgIpc) is 2.25.